The summed E-state index contributed by atoms with van der Waals surface area (Å²) in [5.41, 5.74) is 7.25. The molecule has 0 radical (unpaired) electrons. The molecular formula is C31H39N3O2. The minimum Gasteiger partial charge on any atom is -0.307 e. The number of hydrogen-bond acceptors (Lipinski definition) is 4. The molecule has 0 amide bonds. The monoisotopic (exact) mass is 485 g/mol. The first kappa shape index (κ1) is 26.1. The first-order chi connectivity index (χ1) is 17.4. The molecule has 1 aromatic heterocycles. The van der Waals surface area contributed by atoms with Crippen LogP contribution in [0.3, 0.4) is 0 Å². The van der Waals surface area contributed by atoms with E-state index in [1.165, 1.54) is 27.8 Å². The van der Waals surface area contributed by atoms with Gasteiger partial charge in [-0.3, -0.25) is 14.3 Å². The lowest BCUT2D eigenvalue weighted by atomic mass is 9.87. The standard InChI is InChI=1S/C26H26N2O2.C5H13N/c1-27-15-19(17-29)12-22-20-8-5-9-24-23(13-20)21(14-25(22)27)16-28(24)26(30)11-10-18-6-3-2-4-7-18;1-4-6(3)5-2/h2-9,12,16-17,19,25H,10-11,13-15H2,1H3;4-5H2,1-3H3/t19-,25-;/m1./s1. The number of rotatable bonds is 6. The molecule has 36 heavy (non-hydrogen) atoms. The zero-order chi connectivity index (χ0) is 25.7. The maximum Gasteiger partial charge on any atom is 0.231 e. The maximum atomic E-state index is 13.1. The fourth-order valence-electron chi connectivity index (χ4n) is 5.29. The van der Waals surface area contributed by atoms with Gasteiger partial charge in [0.15, 0.2) is 0 Å². The third-order valence-corrected chi connectivity index (χ3v) is 7.72. The van der Waals surface area contributed by atoms with Gasteiger partial charge in [0.1, 0.15) is 6.29 Å². The predicted molar refractivity (Wildman–Crippen MR) is 147 cm³/mol. The van der Waals surface area contributed by atoms with Gasteiger partial charge in [0, 0.05) is 37.5 Å². The third-order valence-electron chi connectivity index (χ3n) is 7.72. The lowest BCUT2D eigenvalue weighted by Gasteiger charge is -2.35. The Morgan fingerprint density at radius 3 is 2.58 bits per heavy atom. The Hall–Kier alpha value is -3.02. The van der Waals surface area contributed by atoms with E-state index in [-0.39, 0.29) is 17.9 Å². The molecule has 1 aromatic carbocycles. The minimum absolute atomic E-state index is 0.0502. The summed E-state index contributed by atoms with van der Waals surface area (Å²) in [6, 6.07) is 10.4. The van der Waals surface area contributed by atoms with Crippen molar-refractivity contribution in [1.82, 2.24) is 14.4 Å². The average Bonchev–Trinajstić information content (AvgIpc) is 3.05. The van der Waals surface area contributed by atoms with Gasteiger partial charge in [0.2, 0.25) is 5.91 Å². The average molecular weight is 486 g/mol. The van der Waals surface area contributed by atoms with Crippen LogP contribution in [0.2, 0.25) is 0 Å². The van der Waals surface area contributed by atoms with Crippen molar-refractivity contribution in [2.75, 3.05) is 33.7 Å². The van der Waals surface area contributed by atoms with Crippen LogP contribution in [0.1, 0.15) is 47.4 Å². The number of aromatic nitrogens is 1. The SMILES string of the molecule is CCN(C)CC.CN1C[C@H](C=O)C=C2C3=CC=Cc4c(c(cn4C(=O)CCc4ccccc4)C[C@H]21)C3. The van der Waals surface area contributed by atoms with Crippen molar-refractivity contribution in [1.29, 1.82) is 0 Å². The van der Waals surface area contributed by atoms with Gasteiger partial charge in [-0.1, -0.05) is 62.4 Å². The van der Waals surface area contributed by atoms with Gasteiger partial charge in [0.05, 0.1) is 5.69 Å². The highest BCUT2D eigenvalue weighted by molar-refractivity contribution is 5.83. The van der Waals surface area contributed by atoms with Crippen molar-refractivity contribution in [3.05, 3.63) is 88.3 Å². The summed E-state index contributed by atoms with van der Waals surface area (Å²) in [5.74, 6) is 0.0922. The third kappa shape index (κ3) is 5.69. The highest BCUT2D eigenvalue weighted by atomic mass is 16.2. The number of hydrogen-bond donors (Lipinski definition) is 0. The summed E-state index contributed by atoms with van der Waals surface area (Å²) < 4.78 is 1.87. The lowest BCUT2D eigenvalue weighted by molar-refractivity contribution is -0.110. The number of likely N-dealkylation sites (N-methyl/N-ethyl adjacent to an activating group) is 1. The number of carbonyl (C=O) groups excluding carboxylic acids is 2. The van der Waals surface area contributed by atoms with E-state index in [1.54, 1.807) is 0 Å². The first-order valence-corrected chi connectivity index (χ1v) is 13.2. The van der Waals surface area contributed by atoms with E-state index in [0.29, 0.717) is 6.42 Å². The van der Waals surface area contributed by atoms with Gasteiger partial charge >= 0.3 is 0 Å². The van der Waals surface area contributed by atoms with Crippen molar-refractivity contribution in [3.63, 3.8) is 0 Å². The molecule has 5 rings (SSSR count). The summed E-state index contributed by atoms with van der Waals surface area (Å²) in [6.07, 6.45) is 14.5. The normalized spacial score (nSPS) is 20.4. The van der Waals surface area contributed by atoms with E-state index in [2.05, 4.69) is 80.4 Å². The fraction of sp³-hybridized carbons (Fsp3) is 0.419. The van der Waals surface area contributed by atoms with Crippen LogP contribution in [0.15, 0.2) is 65.9 Å². The highest BCUT2D eigenvalue weighted by Crippen LogP contribution is 2.38. The summed E-state index contributed by atoms with van der Waals surface area (Å²) >= 11 is 0. The van der Waals surface area contributed by atoms with Gasteiger partial charge in [-0.05, 0) is 73.9 Å². The number of nitrogens with zero attached hydrogens (tertiary/aromatic N) is 3. The smallest absolute Gasteiger partial charge is 0.231 e. The van der Waals surface area contributed by atoms with E-state index in [1.807, 2.05) is 22.8 Å². The second-order valence-corrected chi connectivity index (χ2v) is 10.1. The molecule has 2 aromatic rings. The molecule has 0 saturated carbocycles. The molecule has 1 aliphatic heterocycles. The van der Waals surface area contributed by atoms with E-state index in [9.17, 15) is 9.59 Å². The fourth-order valence-corrected chi connectivity index (χ4v) is 5.29. The zero-order valence-corrected chi connectivity index (χ0v) is 22.1. The first-order valence-electron chi connectivity index (χ1n) is 13.2. The van der Waals surface area contributed by atoms with Crippen molar-refractivity contribution >= 4 is 18.3 Å². The Kier molecular flexibility index (Phi) is 8.55. The van der Waals surface area contributed by atoms with Crippen LogP contribution in [-0.2, 0) is 24.1 Å². The maximum absolute atomic E-state index is 13.1. The molecule has 0 spiro atoms. The van der Waals surface area contributed by atoms with Gasteiger partial charge in [-0.25, -0.2) is 0 Å². The second kappa shape index (κ2) is 11.8. The number of aryl methyl sites for hydroxylation is 1. The van der Waals surface area contributed by atoms with Crippen LogP contribution in [-0.4, -0.2) is 66.3 Å². The van der Waals surface area contributed by atoms with E-state index in [4.69, 9.17) is 0 Å². The van der Waals surface area contributed by atoms with E-state index >= 15 is 0 Å². The summed E-state index contributed by atoms with van der Waals surface area (Å²) in [5, 5.41) is 0. The number of allylic oxidation sites excluding steroid dienone is 2. The van der Waals surface area contributed by atoms with E-state index in [0.717, 1.165) is 50.9 Å². The number of fused-ring (bicyclic) bond motifs is 3. The number of aldehydes is 1. The number of carbonyl (C=O) groups is 2. The molecule has 5 nitrogen and oxygen atoms in total. The Labute approximate surface area is 215 Å². The Morgan fingerprint density at radius 1 is 1.17 bits per heavy atom. The molecule has 5 heteroatoms. The summed E-state index contributed by atoms with van der Waals surface area (Å²) in [7, 11) is 4.21. The van der Waals surface area contributed by atoms with Gasteiger partial charge in [-0.2, -0.15) is 0 Å². The van der Waals surface area contributed by atoms with Crippen LogP contribution < -0.4 is 0 Å². The van der Waals surface area contributed by atoms with Crippen molar-refractivity contribution < 1.29 is 9.59 Å². The molecule has 2 bridgehead atoms. The molecule has 0 unspecified atom stereocenters. The summed E-state index contributed by atoms with van der Waals surface area (Å²) in [4.78, 5) is 29.1. The topological polar surface area (TPSA) is 45.5 Å². The highest BCUT2D eigenvalue weighted by Gasteiger charge is 2.34. The van der Waals surface area contributed by atoms with Crippen LogP contribution in [0, 0.1) is 5.92 Å². The Balaban J connectivity index is 0.000000455. The predicted octanol–water partition coefficient (Wildman–Crippen LogP) is 4.83. The largest absolute Gasteiger partial charge is 0.307 e. The van der Waals surface area contributed by atoms with Crippen molar-refractivity contribution in [3.8, 4) is 0 Å². The van der Waals surface area contributed by atoms with Gasteiger partial charge in [-0.15, -0.1) is 0 Å². The quantitative estimate of drug-likeness (QED) is 0.550. The van der Waals surface area contributed by atoms with Crippen LogP contribution in [0.25, 0.3) is 6.08 Å². The molecule has 0 fully saturated rings. The van der Waals surface area contributed by atoms with Gasteiger partial charge < -0.3 is 9.69 Å². The lowest BCUT2D eigenvalue weighted by Crippen LogP contribution is -2.42. The van der Waals surface area contributed by atoms with Crippen molar-refractivity contribution in [2.45, 2.75) is 45.6 Å². The number of benzene rings is 1. The molecule has 2 aliphatic carbocycles. The molecule has 0 saturated heterocycles. The molecule has 190 valence electrons. The molecule has 2 atom stereocenters. The van der Waals surface area contributed by atoms with Crippen molar-refractivity contribution in [2.24, 2.45) is 5.92 Å². The summed E-state index contributed by atoms with van der Waals surface area (Å²) in [6.45, 7) is 7.39. The Morgan fingerprint density at radius 2 is 1.92 bits per heavy atom. The second-order valence-electron chi connectivity index (χ2n) is 10.1. The minimum atomic E-state index is -0.0502. The van der Waals surface area contributed by atoms with Gasteiger partial charge in [0.25, 0.3) is 0 Å². The van der Waals surface area contributed by atoms with E-state index < -0.39 is 0 Å². The zero-order valence-electron chi connectivity index (χ0n) is 22.1. The van der Waals surface area contributed by atoms with Crippen LogP contribution >= 0.6 is 0 Å². The molecule has 2 heterocycles. The molecular weight excluding hydrogens is 446 g/mol. The van der Waals surface area contributed by atoms with Crippen LogP contribution in [0.4, 0.5) is 0 Å². The molecule has 3 aliphatic rings. The van der Waals surface area contributed by atoms with Crippen LogP contribution in [0.5, 0.6) is 0 Å². The Bertz CT molecular complexity index is 1170. The molecule has 0 N–H and O–H groups in total.